The third kappa shape index (κ3) is 3.68. The molecule has 1 heterocycles. The molecular formula is C17H23NO4S. The number of methoxy groups -OCH3 is 1. The molecule has 1 aliphatic carbocycles. The molecule has 3 rings (SSSR count). The van der Waals surface area contributed by atoms with Gasteiger partial charge in [0, 0.05) is 18.5 Å². The minimum atomic E-state index is -3.01. The standard InChI is InChI=1S/C17H23NO4S/c1-12-9-16(12)17(19)18(14-7-8-23(20,21)11-14)10-13-3-5-15(22-2)6-4-13/h3-6,12,14,16H,7-11H2,1-2H3/t12-,14-,16+/m0/s1. The molecule has 0 spiro atoms. The molecule has 2 fully saturated rings. The molecule has 0 unspecified atom stereocenters. The fourth-order valence-electron chi connectivity index (χ4n) is 3.21. The minimum absolute atomic E-state index is 0.0663. The minimum Gasteiger partial charge on any atom is -0.497 e. The van der Waals surface area contributed by atoms with Gasteiger partial charge >= 0.3 is 0 Å². The third-order valence-corrected chi connectivity index (χ3v) is 6.62. The van der Waals surface area contributed by atoms with E-state index >= 15 is 0 Å². The van der Waals surface area contributed by atoms with E-state index < -0.39 is 9.84 Å². The molecule has 1 amide bonds. The fourth-order valence-corrected chi connectivity index (χ4v) is 4.95. The molecule has 0 bridgehead atoms. The molecule has 0 radical (unpaired) electrons. The maximum Gasteiger partial charge on any atom is 0.226 e. The molecule has 1 aromatic carbocycles. The van der Waals surface area contributed by atoms with E-state index in [0.717, 1.165) is 17.7 Å². The maximum atomic E-state index is 12.7. The molecule has 3 atom stereocenters. The van der Waals surface area contributed by atoms with Gasteiger partial charge in [0.05, 0.1) is 18.6 Å². The van der Waals surface area contributed by atoms with Crippen molar-refractivity contribution in [3.8, 4) is 5.75 Å². The average molecular weight is 337 g/mol. The predicted octanol–water partition coefficient (Wildman–Crippen LogP) is 1.87. The second-order valence-corrected chi connectivity index (χ2v) is 8.92. The van der Waals surface area contributed by atoms with Crippen molar-refractivity contribution in [3.63, 3.8) is 0 Å². The molecule has 1 saturated carbocycles. The Morgan fingerprint density at radius 3 is 2.43 bits per heavy atom. The van der Waals surface area contributed by atoms with Crippen LogP contribution in [0.2, 0.25) is 0 Å². The number of carbonyl (C=O) groups excluding carboxylic acids is 1. The molecule has 5 nitrogen and oxygen atoms in total. The van der Waals surface area contributed by atoms with Gasteiger partial charge in [-0.15, -0.1) is 0 Å². The molecule has 6 heteroatoms. The van der Waals surface area contributed by atoms with Crippen LogP contribution < -0.4 is 4.74 Å². The van der Waals surface area contributed by atoms with Gasteiger partial charge in [0.15, 0.2) is 9.84 Å². The smallest absolute Gasteiger partial charge is 0.226 e. The highest BCUT2D eigenvalue weighted by atomic mass is 32.2. The summed E-state index contributed by atoms with van der Waals surface area (Å²) in [4.78, 5) is 14.5. The van der Waals surface area contributed by atoms with E-state index in [0.29, 0.717) is 18.9 Å². The highest BCUT2D eigenvalue weighted by molar-refractivity contribution is 7.91. The Balaban J connectivity index is 1.78. The van der Waals surface area contributed by atoms with Crippen LogP contribution in [0.1, 0.15) is 25.3 Å². The van der Waals surface area contributed by atoms with Crippen molar-refractivity contribution in [1.82, 2.24) is 4.90 Å². The van der Waals surface area contributed by atoms with Crippen LogP contribution in [0, 0.1) is 11.8 Å². The Morgan fingerprint density at radius 2 is 1.96 bits per heavy atom. The molecule has 1 saturated heterocycles. The lowest BCUT2D eigenvalue weighted by molar-refractivity contribution is -0.135. The number of benzene rings is 1. The summed E-state index contributed by atoms with van der Waals surface area (Å²) in [6.45, 7) is 2.53. The topological polar surface area (TPSA) is 63.7 Å². The first-order valence-electron chi connectivity index (χ1n) is 8.03. The normalized spacial score (nSPS) is 28.3. The zero-order valence-electron chi connectivity index (χ0n) is 13.6. The SMILES string of the molecule is COc1ccc(CN(C(=O)[C@@H]2C[C@@H]2C)[C@H]2CCS(=O)(=O)C2)cc1. The van der Waals surface area contributed by atoms with Gasteiger partial charge in [-0.25, -0.2) is 8.42 Å². The van der Waals surface area contributed by atoms with Crippen LogP contribution in [0.5, 0.6) is 5.75 Å². The van der Waals surface area contributed by atoms with Crippen LogP contribution >= 0.6 is 0 Å². The summed E-state index contributed by atoms with van der Waals surface area (Å²) < 4.78 is 28.7. The van der Waals surface area contributed by atoms with Gasteiger partial charge in [-0.1, -0.05) is 19.1 Å². The van der Waals surface area contributed by atoms with Crippen molar-refractivity contribution in [2.24, 2.45) is 11.8 Å². The zero-order valence-corrected chi connectivity index (χ0v) is 14.4. The highest BCUT2D eigenvalue weighted by Crippen LogP contribution is 2.40. The van der Waals surface area contributed by atoms with Crippen molar-refractivity contribution in [2.45, 2.75) is 32.4 Å². The summed E-state index contributed by atoms with van der Waals surface area (Å²) in [5, 5.41) is 0. The van der Waals surface area contributed by atoms with Crippen molar-refractivity contribution in [1.29, 1.82) is 0 Å². The van der Waals surface area contributed by atoms with Crippen LogP contribution in [-0.2, 0) is 21.2 Å². The van der Waals surface area contributed by atoms with Gasteiger partial charge in [-0.2, -0.15) is 0 Å². The molecule has 1 aromatic rings. The summed E-state index contributed by atoms with van der Waals surface area (Å²) in [5.74, 6) is 1.64. The lowest BCUT2D eigenvalue weighted by atomic mass is 10.1. The number of hydrogen-bond acceptors (Lipinski definition) is 4. The second kappa shape index (κ2) is 6.15. The lowest BCUT2D eigenvalue weighted by Gasteiger charge is -2.29. The Hall–Kier alpha value is -1.56. The van der Waals surface area contributed by atoms with Gasteiger partial charge in [-0.3, -0.25) is 4.79 Å². The summed E-state index contributed by atoms with van der Waals surface area (Å²) in [6, 6.07) is 7.40. The number of carbonyl (C=O) groups is 1. The van der Waals surface area contributed by atoms with Crippen molar-refractivity contribution >= 4 is 15.7 Å². The number of nitrogens with zero attached hydrogens (tertiary/aromatic N) is 1. The molecular weight excluding hydrogens is 314 g/mol. The van der Waals surface area contributed by atoms with E-state index in [4.69, 9.17) is 4.74 Å². The van der Waals surface area contributed by atoms with Crippen LogP contribution in [-0.4, -0.2) is 43.9 Å². The quantitative estimate of drug-likeness (QED) is 0.823. The fraction of sp³-hybridized carbons (Fsp3) is 0.588. The van der Waals surface area contributed by atoms with Crippen molar-refractivity contribution in [2.75, 3.05) is 18.6 Å². The first-order chi connectivity index (χ1) is 10.9. The molecule has 0 N–H and O–H groups in total. The Bertz CT molecular complexity index is 683. The third-order valence-electron chi connectivity index (χ3n) is 4.87. The van der Waals surface area contributed by atoms with Crippen LogP contribution in [0.25, 0.3) is 0 Å². The van der Waals surface area contributed by atoms with Gasteiger partial charge < -0.3 is 9.64 Å². The van der Waals surface area contributed by atoms with Crippen LogP contribution in [0.3, 0.4) is 0 Å². The number of amides is 1. The van der Waals surface area contributed by atoms with E-state index in [2.05, 4.69) is 6.92 Å². The zero-order chi connectivity index (χ0) is 16.6. The van der Waals surface area contributed by atoms with Gasteiger partial charge in [0.2, 0.25) is 5.91 Å². The lowest BCUT2D eigenvalue weighted by Crippen LogP contribution is -2.41. The van der Waals surface area contributed by atoms with Gasteiger partial charge in [0.25, 0.3) is 0 Å². The highest BCUT2D eigenvalue weighted by Gasteiger charge is 2.44. The number of sulfone groups is 1. The van der Waals surface area contributed by atoms with E-state index in [1.165, 1.54) is 0 Å². The largest absolute Gasteiger partial charge is 0.497 e. The van der Waals surface area contributed by atoms with Gasteiger partial charge in [0.1, 0.15) is 5.75 Å². The van der Waals surface area contributed by atoms with Crippen LogP contribution in [0.15, 0.2) is 24.3 Å². The maximum absolute atomic E-state index is 12.7. The molecule has 2 aliphatic rings. The summed E-state index contributed by atoms with van der Waals surface area (Å²) in [6.07, 6.45) is 1.46. The van der Waals surface area contributed by atoms with E-state index in [1.807, 2.05) is 24.3 Å². The van der Waals surface area contributed by atoms with E-state index in [1.54, 1.807) is 12.0 Å². The van der Waals surface area contributed by atoms with E-state index in [-0.39, 0.29) is 29.4 Å². The first kappa shape index (κ1) is 16.3. The molecule has 1 aliphatic heterocycles. The van der Waals surface area contributed by atoms with E-state index in [9.17, 15) is 13.2 Å². The number of hydrogen-bond donors (Lipinski definition) is 0. The van der Waals surface area contributed by atoms with Crippen molar-refractivity contribution in [3.05, 3.63) is 29.8 Å². The molecule has 23 heavy (non-hydrogen) atoms. The van der Waals surface area contributed by atoms with Crippen molar-refractivity contribution < 1.29 is 17.9 Å². The molecule has 0 aromatic heterocycles. The Labute approximate surface area is 137 Å². The Morgan fingerprint density at radius 1 is 1.30 bits per heavy atom. The molecule has 126 valence electrons. The second-order valence-electron chi connectivity index (χ2n) is 6.69. The predicted molar refractivity (Wildman–Crippen MR) is 87.9 cm³/mol. The van der Waals surface area contributed by atoms with Gasteiger partial charge in [-0.05, 0) is 36.5 Å². The summed E-state index contributed by atoms with van der Waals surface area (Å²) >= 11 is 0. The number of ether oxygens (including phenoxy) is 1. The number of rotatable bonds is 5. The first-order valence-corrected chi connectivity index (χ1v) is 9.85. The van der Waals surface area contributed by atoms with Crippen LogP contribution in [0.4, 0.5) is 0 Å². The summed E-state index contributed by atoms with van der Waals surface area (Å²) in [5.41, 5.74) is 0.997. The summed E-state index contributed by atoms with van der Waals surface area (Å²) in [7, 11) is -1.40. The average Bonchev–Trinajstić information content (AvgIpc) is 3.15. The Kier molecular flexibility index (Phi) is 4.36. The monoisotopic (exact) mass is 337 g/mol.